The van der Waals surface area contributed by atoms with Crippen LogP contribution in [0.2, 0.25) is 5.02 Å². The number of nitrogens with one attached hydrogen (secondary N) is 1. The summed E-state index contributed by atoms with van der Waals surface area (Å²) in [6.07, 6.45) is 1.08. The lowest BCUT2D eigenvalue weighted by molar-refractivity contribution is 0.126. The second-order valence-corrected chi connectivity index (χ2v) is 5.76. The van der Waals surface area contributed by atoms with E-state index in [1.807, 2.05) is 6.07 Å². The molecule has 21 heavy (non-hydrogen) atoms. The largest absolute Gasteiger partial charge is 0.508 e. The molecule has 1 saturated heterocycles. The second kappa shape index (κ2) is 9.75. The Kier molecular flexibility index (Phi) is 9.66. The van der Waals surface area contributed by atoms with Crippen molar-refractivity contribution in [1.29, 1.82) is 0 Å². The van der Waals surface area contributed by atoms with Crippen LogP contribution in [-0.2, 0) is 0 Å². The van der Waals surface area contributed by atoms with Gasteiger partial charge in [-0.05, 0) is 24.1 Å². The highest BCUT2D eigenvalue weighted by atomic mass is 35.5. The molecule has 6 heteroatoms. The lowest BCUT2D eigenvalue weighted by Crippen LogP contribution is -2.46. The maximum absolute atomic E-state index is 10.2. The Hall–Kier alpha value is -0.190. The molecule has 1 unspecified atom stereocenters. The van der Waals surface area contributed by atoms with Gasteiger partial charge in [0.1, 0.15) is 5.75 Å². The number of rotatable bonds is 4. The average molecular weight is 356 g/mol. The van der Waals surface area contributed by atoms with Gasteiger partial charge in [0.2, 0.25) is 0 Å². The minimum atomic E-state index is 0. The fourth-order valence-electron chi connectivity index (χ4n) is 2.81. The summed E-state index contributed by atoms with van der Waals surface area (Å²) in [6.45, 7) is 8.49. The first-order valence-electron chi connectivity index (χ1n) is 7.06. The number of halogens is 3. The van der Waals surface area contributed by atoms with Gasteiger partial charge in [0.15, 0.2) is 0 Å². The maximum Gasteiger partial charge on any atom is 0.120 e. The molecule has 122 valence electrons. The lowest BCUT2D eigenvalue weighted by Gasteiger charge is -2.38. The zero-order chi connectivity index (χ0) is 13.8. The second-order valence-electron chi connectivity index (χ2n) is 5.32. The third-order valence-corrected chi connectivity index (χ3v) is 4.27. The number of phenols is 1. The number of benzene rings is 1. The van der Waals surface area contributed by atoms with Crippen LogP contribution in [0.15, 0.2) is 18.2 Å². The molecular formula is C15H25Cl3N2O. The molecule has 0 amide bonds. The number of hydrogen-bond acceptors (Lipinski definition) is 3. The summed E-state index contributed by atoms with van der Waals surface area (Å²) in [5.74, 6) is 0.843. The first-order chi connectivity index (χ1) is 9.13. The molecule has 1 aliphatic rings. The molecule has 0 radical (unpaired) electrons. The fourth-order valence-corrected chi connectivity index (χ4v) is 2.99. The van der Waals surface area contributed by atoms with Crippen LogP contribution in [0.3, 0.4) is 0 Å². The van der Waals surface area contributed by atoms with Crippen molar-refractivity contribution >= 4 is 36.4 Å². The van der Waals surface area contributed by atoms with Crippen molar-refractivity contribution in [3.63, 3.8) is 0 Å². The minimum Gasteiger partial charge on any atom is -0.508 e. The van der Waals surface area contributed by atoms with Crippen molar-refractivity contribution in [2.24, 2.45) is 5.92 Å². The summed E-state index contributed by atoms with van der Waals surface area (Å²) in [6, 6.07) is 5.60. The first kappa shape index (κ1) is 20.8. The van der Waals surface area contributed by atoms with Gasteiger partial charge in [-0.15, -0.1) is 24.8 Å². The number of aromatic hydroxyl groups is 1. The molecule has 2 N–H and O–H groups in total. The van der Waals surface area contributed by atoms with Crippen LogP contribution in [0.4, 0.5) is 0 Å². The summed E-state index contributed by atoms with van der Waals surface area (Å²) in [4.78, 5) is 2.45. The van der Waals surface area contributed by atoms with Crippen LogP contribution in [0.25, 0.3) is 0 Å². The maximum atomic E-state index is 10.2. The van der Waals surface area contributed by atoms with Crippen LogP contribution in [0, 0.1) is 5.92 Å². The molecule has 0 bridgehead atoms. The molecule has 0 aliphatic carbocycles. The van der Waals surface area contributed by atoms with E-state index in [1.165, 1.54) is 0 Å². The van der Waals surface area contributed by atoms with E-state index in [-0.39, 0.29) is 30.9 Å². The van der Waals surface area contributed by atoms with Gasteiger partial charge in [-0.2, -0.15) is 0 Å². The molecule has 1 heterocycles. The van der Waals surface area contributed by atoms with Gasteiger partial charge in [-0.1, -0.05) is 31.9 Å². The van der Waals surface area contributed by atoms with Gasteiger partial charge in [0.05, 0.1) is 0 Å². The SMILES string of the molecule is CCC(C)[C@H](c1cc(Cl)ccc1O)N1CCNCC1.Cl.Cl. The Labute approximate surface area is 144 Å². The van der Waals surface area contributed by atoms with Gasteiger partial charge in [0, 0.05) is 42.8 Å². The summed E-state index contributed by atoms with van der Waals surface area (Å²) in [5, 5.41) is 14.2. The van der Waals surface area contributed by atoms with Crippen molar-refractivity contribution in [3.8, 4) is 5.75 Å². The molecule has 3 nitrogen and oxygen atoms in total. The smallest absolute Gasteiger partial charge is 0.120 e. The summed E-state index contributed by atoms with van der Waals surface area (Å²) in [5.41, 5.74) is 0.962. The Balaban J connectivity index is 0.00000200. The standard InChI is InChI=1S/C15H23ClN2O.2ClH/c1-3-11(2)15(18-8-6-17-7-9-18)13-10-12(16)4-5-14(13)19;;/h4-5,10-11,15,17,19H,3,6-9H2,1-2H3;2*1H/t11?,15-;;/m1../s1. The quantitative estimate of drug-likeness (QED) is 0.860. The topological polar surface area (TPSA) is 35.5 Å². The van der Waals surface area contributed by atoms with Gasteiger partial charge < -0.3 is 10.4 Å². The zero-order valence-electron chi connectivity index (χ0n) is 12.5. The molecule has 0 spiro atoms. The summed E-state index contributed by atoms with van der Waals surface area (Å²) >= 11 is 6.11. The highest BCUT2D eigenvalue weighted by molar-refractivity contribution is 6.30. The van der Waals surface area contributed by atoms with E-state index >= 15 is 0 Å². The Morgan fingerprint density at radius 2 is 1.90 bits per heavy atom. The van der Waals surface area contributed by atoms with Crippen molar-refractivity contribution in [3.05, 3.63) is 28.8 Å². The Morgan fingerprint density at radius 1 is 1.29 bits per heavy atom. The molecule has 0 aromatic heterocycles. The first-order valence-corrected chi connectivity index (χ1v) is 7.44. The van der Waals surface area contributed by atoms with Crippen LogP contribution in [0.5, 0.6) is 5.75 Å². The molecular weight excluding hydrogens is 331 g/mol. The van der Waals surface area contributed by atoms with Gasteiger partial charge in [0.25, 0.3) is 0 Å². The predicted octanol–water partition coefficient (Wildman–Crippen LogP) is 3.88. The zero-order valence-corrected chi connectivity index (χ0v) is 14.9. The highest BCUT2D eigenvalue weighted by Gasteiger charge is 2.28. The number of hydrogen-bond donors (Lipinski definition) is 2. The predicted molar refractivity (Wildman–Crippen MR) is 94.3 cm³/mol. The van der Waals surface area contributed by atoms with E-state index < -0.39 is 0 Å². The fraction of sp³-hybridized carbons (Fsp3) is 0.600. The average Bonchev–Trinajstić information content (AvgIpc) is 2.44. The van der Waals surface area contributed by atoms with Gasteiger partial charge in [-0.25, -0.2) is 0 Å². The lowest BCUT2D eigenvalue weighted by atomic mass is 9.90. The van der Waals surface area contributed by atoms with Gasteiger partial charge in [-0.3, -0.25) is 4.90 Å². The van der Waals surface area contributed by atoms with Crippen LogP contribution in [0.1, 0.15) is 31.9 Å². The number of piperazine rings is 1. The molecule has 2 atom stereocenters. The molecule has 1 aromatic rings. The summed E-state index contributed by atoms with van der Waals surface area (Å²) < 4.78 is 0. The van der Waals surface area contributed by atoms with E-state index in [2.05, 4.69) is 24.1 Å². The van der Waals surface area contributed by atoms with Crippen molar-refractivity contribution in [2.75, 3.05) is 26.2 Å². The summed E-state index contributed by atoms with van der Waals surface area (Å²) in [7, 11) is 0. The molecule has 1 fully saturated rings. The van der Waals surface area contributed by atoms with Crippen LogP contribution < -0.4 is 5.32 Å². The van der Waals surface area contributed by atoms with Crippen molar-refractivity contribution in [1.82, 2.24) is 10.2 Å². The van der Waals surface area contributed by atoms with E-state index in [0.717, 1.165) is 38.2 Å². The number of nitrogens with zero attached hydrogens (tertiary/aromatic N) is 1. The molecule has 2 rings (SSSR count). The Morgan fingerprint density at radius 3 is 2.48 bits per heavy atom. The van der Waals surface area contributed by atoms with E-state index in [4.69, 9.17) is 11.6 Å². The molecule has 1 aromatic carbocycles. The highest BCUT2D eigenvalue weighted by Crippen LogP contribution is 2.37. The van der Waals surface area contributed by atoms with E-state index in [9.17, 15) is 5.11 Å². The number of phenolic OH excluding ortho intramolecular Hbond substituents is 1. The normalized spacial score (nSPS) is 18.2. The van der Waals surface area contributed by atoms with E-state index in [0.29, 0.717) is 16.7 Å². The van der Waals surface area contributed by atoms with Crippen LogP contribution >= 0.6 is 36.4 Å². The van der Waals surface area contributed by atoms with Gasteiger partial charge >= 0.3 is 0 Å². The van der Waals surface area contributed by atoms with Crippen molar-refractivity contribution in [2.45, 2.75) is 26.3 Å². The third kappa shape index (κ3) is 5.19. The molecule has 0 saturated carbocycles. The van der Waals surface area contributed by atoms with Crippen molar-refractivity contribution < 1.29 is 5.11 Å². The third-order valence-electron chi connectivity index (χ3n) is 4.04. The van der Waals surface area contributed by atoms with Crippen LogP contribution in [-0.4, -0.2) is 36.2 Å². The molecule has 1 aliphatic heterocycles. The minimum absolute atomic E-state index is 0. The monoisotopic (exact) mass is 354 g/mol. The Bertz CT molecular complexity index is 425. The van der Waals surface area contributed by atoms with E-state index in [1.54, 1.807) is 12.1 Å².